The standard InChI is InChI=1S/C18H20N4O3S/c1-22-11-15(21-26(2,23)24)10-16(22)18-19-17(20-25-18)14-8-7-12-5-3-4-6-13(12)9-14/h3-9,15-16,21H,10-11H2,1-2H3/t15-,16-/m0/s1. The van der Waals surface area contributed by atoms with Crippen LogP contribution in [0.1, 0.15) is 18.4 Å². The van der Waals surface area contributed by atoms with Crippen LogP contribution in [0.4, 0.5) is 0 Å². The molecule has 1 saturated heterocycles. The third kappa shape index (κ3) is 3.48. The van der Waals surface area contributed by atoms with Crippen molar-refractivity contribution in [2.75, 3.05) is 19.8 Å². The van der Waals surface area contributed by atoms with Gasteiger partial charge in [-0.2, -0.15) is 4.98 Å². The maximum Gasteiger partial charge on any atom is 0.244 e. The molecule has 26 heavy (non-hydrogen) atoms. The molecule has 7 nitrogen and oxygen atoms in total. The molecular weight excluding hydrogens is 352 g/mol. The number of sulfonamides is 1. The number of fused-ring (bicyclic) bond motifs is 1. The Morgan fingerprint density at radius 2 is 1.96 bits per heavy atom. The van der Waals surface area contributed by atoms with Gasteiger partial charge in [0.25, 0.3) is 0 Å². The summed E-state index contributed by atoms with van der Waals surface area (Å²) in [6.07, 6.45) is 1.77. The van der Waals surface area contributed by atoms with E-state index < -0.39 is 10.0 Å². The SMILES string of the molecule is CN1C[C@@H](NS(C)(=O)=O)C[C@H]1c1nc(-c2ccc3ccccc3c2)no1. The van der Waals surface area contributed by atoms with E-state index in [1.54, 1.807) is 0 Å². The van der Waals surface area contributed by atoms with Gasteiger partial charge in [0.2, 0.25) is 21.7 Å². The van der Waals surface area contributed by atoms with E-state index in [-0.39, 0.29) is 12.1 Å². The van der Waals surface area contributed by atoms with Gasteiger partial charge in [-0.05, 0) is 30.3 Å². The van der Waals surface area contributed by atoms with Crippen LogP contribution in [0.15, 0.2) is 47.0 Å². The van der Waals surface area contributed by atoms with Crippen molar-refractivity contribution in [2.24, 2.45) is 0 Å². The fourth-order valence-electron chi connectivity index (χ4n) is 3.49. The summed E-state index contributed by atoms with van der Waals surface area (Å²) >= 11 is 0. The molecule has 4 rings (SSSR count). The molecule has 0 unspecified atom stereocenters. The molecular formula is C18H20N4O3S. The number of nitrogens with zero attached hydrogens (tertiary/aromatic N) is 3. The summed E-state index contributed by atoms with van der Waals surface area (Å²) in [6, 6.07) is 13.9. The van der Waals surface area contributed by atoms with Crippen LogP contribution in [0.25, 0.3) is 22.2 Å². The van der Waals surface area contributed by atoms with E-state index in [4.69, 9.17) is 4.52 Å². The molecule has 136 valence electrons. The Balaban J connectivity index is 1.57. The molecule has 1 aliphatic rings. The van der Waals surface area contributed by atoms with Crippen LogP contribution >= 0.6 is 0 Å². The quantitative estimate of drug-likeness (QED) is 0.755. The summed E-state index contributed by atoms with van der Waals surface area (Å²) in [5.41, 5.74) is 0.894. The third-order valence-electron chi connectivity index (χ3n) is 4.66. The van der Waals surface area contributed by atoms with Crippen LogP contribution in [0.5, 0.6) is 0 Å². The minimum Gasteiger partial charge on any atom is -0.337 e. The summed E-state index contributed by atoms with van der Waals surface area (Å²) in [5.74, 6) is 1.05. The molecule has 2 atom stereocenters. The molecule has 0 amide bonds. The summed E-state index contributed by atoms with van der Waals surface area (Å²) in [6.45, 7) is 0.603. The zero-order valence-electron chi connectivity index (χ0n) is 14.6. The van der Waals surface area contributed by atoms with E-state index in [1.807, 2.05) is 48.3 Å². The normalized spacial score (nSPS) is 21.5. The largest absolute Gasteiger partial charge is 0.337 e. The second-order valence-electron chi connectivity index (χ2n) is 6.80. The van der Waals surface area contributed by atoms with Crippen LogP contribution in [-0.2, 0) is 10.0 Å². The first kappa shape index (κ1) is 17.1. The maximum absolute atomic E-state index is 11.5. The minimum atomic E-state index is -3.24. The number of likely N-dealkylation sites (N-methyl/N-ethyl adjacent to an activating group) is 1. The number of benzene rings is 2. The first-order valence-corrected chi connectivity index (χ1v) is 10.3. The first-order chi connectivity index (χ1) is 12.4. The number of likely N-dealkylation sites (tertiary alicyclic amines) is 1. The van der Waals surface area contributed by atoms with E-state index in [9.17, 15) is 8.42 Å². The Kier molecular flexibility index (Phi) is 4.26. The van der Waals surface area contributed by atoms with Gasteiger partial charge >= 0.3 is 0 Å². The van der Waals surface area contributed by atoms with Gasteiger partial charge in [0, 0.05) is 18.2 Å². The highest BCUT2D eigenvalue weighted by atomic mass is 32.2. The average molecular weight is 372 g/mol. The highest BCUT2D eigenvalue weighted by molar-refractivity contribution is 7.88. The van der Waals surface area contributed by atoms with Crippen molar-refractivity contribution >= 4 is 20.8 Å². The molecule has 1 N–H and O–H groups in total. The molecule has 1 aliphatic heterocycles. The Labute approximate surface area is 152 Å². The number of nitrogens with one attached hydrogen (secondary N) is 1. The second-order valence-corrected chi connectivity index (χ2v) is 8.58. The molecule has 0 saturated carbocycles. The van der Waals surface area contributed by atoms with Gasteiger partial charge < -0.3 is 4.52 Å². The lowest BCUT2D eigenvalue weighted by atomic mass is 10.1. The van der Waals surface area contributed by atoms with Gasteiger partial charge in [-0.3, -0.25) is 4.90 Å². The van der Waals surface area contributed by atoms with Gasteiger partial charge in [0.15, 0.2) is 0 Å². The van der Waals surface area contributed by atoms with Gasteiger partial charge in [-0.25, -0.2) is 13.1 Å². The number of hydrogen-bond acceptors (Lipinski definition) is 6. The lowest BCUT2D eigenvalue weighted by molar-refractivity contribution is 0.244. The topological polar surface area (TPSA) is 88.3 Å². The van der Waals surface area contributed by atoms with Gasteiger partial charge in [0.1, 0.15) is 0 Å². The van der Waals surface area contributed by atoms with E-state index in [0.717, 1.165) is 16.3 Å². The number of hydrogen-bond donors (Lipinski definition) is 1. The predicted molar refractivity (Wildman–Crippen MR) is 99.0 cm³/mol. The molecule has 2 aromatic carbocycles. The Morgan fingerprint density at radius 1 is 1.19 bits per heavy atom. The third-order valence-corrected chi connectivity index (χ3v) is 5.42. The summed E-state index contributed by atoms with van der Waals surface area (Å²) in [5, 5.41) is 6.40. The van der Waals surface area contributed by atoms with Gasteiger partial charge in [0.05, 0.1) is 12.3 Å². The van der Waals surface area contributed by atoms with Crippen molar-refractivity contribution in [1.82, 2.24) is 19.8 Å². The zero-order chi connectivity index (χ0) is 18.3. The van der Waals surface area contributed by atoms with Crippen LogP contribution in [0, 0.1) is 0 Å². The van der Waals surface area contributed by atoms with Crippen molar-refractivity contribution in [3.8, 4) is 11.4 Å². The highest BCUT2D eigenvalue weighted by Gasteiger charge is 2.35. The smallest absolute Gasteiger partial charge is 0.244 e. The molecule has 1 fully saturated rings. The zero-order valence-corrected chi connectivity index (χ0v) is 15.4. The summed E-state index contributed by atoms with van der Waals surface area (Å²) < 4.78 is 31.0. The molecule has 0 radical (unpaired) electrons. The molecule has 3 aromatic rings. The van der Waals surface area contributed by atoms with Crippen molar-refractivity contribution < 1.29 is 12.9 Å². The minimum absolute atomic E-state index is 0.101. The Morgan fingerprint density at radius 3 is 2.73 bits per heavy atom. The number of rotatable bonds is 4. The van der Waals surface area contributed by atoms with Crippen LogP contribution < -0.4 is 4.72 Å². The fourth-order valence-corrected chi connectivity index (χ4v) is 4.27. The maximum atomic E-state index is 11.5. The first-order valence-electron chi connectivity index (χ1n) is 8.39. The van der Waals surface area contributed by atoms with Crippen molar-refractivity contribution in [3.63, 3.8) is 0 Å². The summed E-state index contributed by atoms with van der Waals surface area (Å²) in [4.78, 5) is 6.58. The molecule has 0 aliphatic carbocycles. The molecule has 2 heterocycles. The van der Waals surface area contributed by atoms with Crippen molar-refractivity contribution in [2.45, 2.75) is 18.5 Å². The Hall–Kier alpha value is -2.29. The van der Waals surface area contributed by atoms with E-state index in [1.165, 1.54) is 6.26 Å². The molecule has 8 heteroatoms. The lowest BCUT2D eigenvalue weighted by Gasteiger charge is -2.14. The predicted octanol–water partition coefficient (Wildman–Crippen LogP) is 2.18. The van der Waals surface area contributed by atoms with Crippen LogP contribution in [-0.4, -0.2) is 49.3 Å². The monoisotopic (exact) mass is 372 g/mol. The summed E-state index contributed by atoms with van der Waals surface area (Å²) in [7, 11) is -1.31. The van der Waals surface area contributed by atoms with Gasteiger partial charge in [-0.1, -0.05) is 41.6 Å². The van der Waals surface area contributed by atoms with E-state index >= 15 is 0 Å². The molecule has 0 bridgehead atoms. The van der Waals surface area contributed by atoms with Crippen LogP contribution in [0.2, 0.25) is 0 Å². The van der Waals surface area contributed by atoms with E-state index in [0.29, 0.717) is 24.7 Å². The fraction of sp³-hybridized carbons (Fsp3) is 0.333. The molecule has 1 aromatic heterocycles. The van der Waals surface area contributed by atoms with E-state index in [2.05, 4.69) is 20.9 Å². The second kappa shape index (κ2) is 6.46. The molecule has 0 spiro atoms. The van der Waals surface area contributed by atoms with Crippen LogP contribution in [0.3, 0.4) is 0 Å². The van der Waals surface area contributed by atoms with Crippen molar-refractivity contribution in [3.05, 3.63) is 48.4 Å². The highest BCUT2D eigenvalue weighted by Crippen LogP contribution is 2.31. The Bertz CT molecular complexity index is 1050. The van der Waals surface area contributed by atoms with Gasteiger partial charge in [-0.15, -0.1) is 0 Å². The average Bonchev–Trinajstić information content (AvgIpc) is 3.19. The lowest BCUT2D eigenvalue weighted by Crippen LogP contribution is -2.35. The number of aromatic nitrogens is 2. The van der Waals surface area contributed by atoms with Crippen molar-refractivity contribution in [1.29, 1.82) is 0 Å².